The van der Waals surface area contributed by atoms with Gasteiger partial charge in [0.1, 0.15) is 0 Å². The lowest BCUT2D eigenvalue weighted by atomic mass is 10.2. The predicted molar refractivity (Wildman–Crippen MR) is 73.4 cm³/mol. The van der Waals surface area contributed by atoms with E-state index in [1.54, 1.807) is 13.0 Å². The van der Waals surface area contributed by atoms with Crippen LogP contribution in [-0.2, 0) is 11.3 Å². The molecule has 18 heavy (non-hydrogen) atoms. The maximum Gasteiger partial charge on any atom is 0.330 e. The van der Waals surface area contributed by atoms with Crippen LogP contribution in [0.3, 0.4) is 0 Å². The van der Waals surface area contributed by atoms with Crippen LogP contribution in [-0.4, -0.2) is 29.1 Å². The lowest BCUT2D eigenvalue weighted by Gasteiger charge is -2.19. The van der Waals surface area contributed by atoms with Crippen molar-refractivity contribution in [2.24, 2.45) is 0 Å². The topological polar surface area (TPSA) is 40.5 Å². The van der Waals surface area contributed by atoms with Gasteiger partial charge in [0.15, 0.2) is 0 Å². The Morgan fingerprint density at radius 3 is 2.56 bits per heavy atom. The van der Waals surface area contributed by atoms with Gasteiger partial charge in [0.05, 0.1) is 0 Å². The molecule has 3 heteroatoms. The minimum Gasteiger partial charge on any atom is -0.478 e. The Hall–Kier alpha value is -1.61. The highest BCUT2D eigenvalue weighted by atomic mass is 16.4. The van der Waals surface area contributed by atoms with Crippen molar-refractivity contribution >= 4 is 5.97 Å². The molecule has 0 aromatic heterocycles. The summed E-state index contributed by atoms with van der Waals surface area (Å²) in [6.45, 7) is 6.52. The Morgan fingerprint density at radius 2 is 2.00 bits per heavy atom. The zero-order chi connectivity index (χ0) is 13.4. The zero-order valence-electron chi connectivity index (χ0n) is 11.1. The Morgan fingerprint density at radius 1 is 1.33 bits per heavy atom. The molecule has 0 amide bonds. The molecule has 0 bridgehead atoms. The van der Waals surface area contributed by atoms with Gasteiger partial charge in [-0.3, -0.25) is 4.90 Å². The lowest BCUT2D eigenvalue weighted by Crippen LogP contribution is -2.23. The van der Waals surface area contributed by atoms with Crippen LogP contribution in [0.1, 0.15) is 25.8 Å². The molecule has 0 spiro atoms. The summed E-state index contributed by atoms with van der Waals surface area (Å²) >= 11 is 0. The SMILES string of the molecule is CCN(CCC=C(C)C(=O)O)Cc1ccccc1. The number of aliphatic carboxylic acids is 1. The van der Waals surface area contributed by atoms with Crippen LogP contribution in [0.5, 0.6) is 0 Å². The summed E-state index contributed by atoms with van der Waals surface area (Å²) in [6, 6.07) is 10.3. The fourth-order valence-corrected chi connectivity index (χ4v) is 1.74. The highest BCUT2D eigenvalue weighted by Gasteiger charge is 2.03. The molecule has 98 valence electrons. The number of nitrogens with zero attached hydrogens (tertiary/aromatic N) is 1. The van der Waals surface area contributed by atoms with E-state index in [4.69, 9.17) is 5.11 Å². The van der Waals surface area contributed by atoms with Gasteiger partial charge in [-0.2, -0.15) is 0 Å². The molecule has 1 rings (SSSR count). The highest BCUT2D eigenvalue weighted by Crippen LogP contribution is 2.05. The molecule has 0 aliphatic rings. The molecule has 0 radical (unpaired) electrons. The van der Waals surface area contributed by atoms with Crippen LogP contribution < -0.4 is 0 Å². The third-order valence-electron chi connectivity index (χ3n) is 2.93. The average Bonchev–Trinajstić information content (AvgIpc) is 2.38. The first-order valence-electron chi connectivity index (χ1n) is 6.29. The van der Waals surface area contributed by atoms with E-state index in [1.807, 2.05) is 18.2 Å². The highest BCUT2D eigenvalue weighted by molar-refractivity contribution is 5.85. The molecule has 0 aliphatic heterocycles. The summed E-state index contributed by atoms with van der Waals surface area (Å²) in [5.41, 5.74) is 1.71. The smallest absolute Gasteiger partial charge is 0.330 e. The first kappa shape index (κ1) is 14.5. The van der Waals surface area contributed by atoms with E-state index in [9.17, 15) is 4.79 Å². The van der Waals surface area contributed by atoms with E-state index in [-0.39, 0.29) is 0 Å². The van der Waals surface area contributed by atoms with Gasteiger partial charge in [0.2, 0.25) is 0 Å². The molecule has 0 fully saturated rings. The van der Waals surface area contributed by atoms with Gasteiger partial charge in [-0.25, -0.2) is 4.79 Å². The molecule has 0 atom stereocenters. The number of rotatable bonds is 7. The quantitative estimate of drug-likeness (QED) is 0.753. The Balaban J connectivity index is 2.43. The first-order chi connectivity index (χ1) is 8.63. The van der Waals surface area contributed by atoms with Gasteiger partial charge in [-0.15, -0.1) is 0 Å². The lowest BCUT2D eigenvalue weighted by molar-refractivity contribution is -0.132. The Labute approximate surface area is 109 Å². The first-order valence-corrected chi connectivity index (χ1v) is 6.29. The third-order valence-corrected chi connectivity index (χ3v) is 2.93. The van der Waals surface area contributed by atoms with Gasteiger partial charge in [0, 0.05) is 18.7 Å². The molecular formula is C15H21NO2. The molecular weight excluding hydrogens is 226 g/mol. The number of hydrogen-bond acceptors (Lipinski definition) is 2. The maximum absolute atomic E-state index is 10.7. The summed E-state index contributed by atoms with van der Waals surface area (Å²) < 4.78 is 0. The van der Waals surface area contributed by atoms with E-state index in [0.29, 0.717) is 5.57 Å². The number of carbonyl (C=O) groups is 1. The molecule has 0 aliphatic carbocycles. The van der Waals surface area contributed by atoms with Crippen molar-refractivity contribution in [1.82, 2.24) is 4.90 Å². The van der Waals surface area contributed by atoms with Crippen molar-refractivity contribution in [2.75, 3.05) is 13.1 Å². The second-order valence-electron chi connectivity index (χ2n) is 4.34. The monoisotopic (exact) mass is 247 g/mol. The van der Waals surface area contributed by atoms with Crippen LogP contribution in [0.15, 0.2) is 42.0 Å². The van der Waals surface area contributed by atoms with E-state index in [1.165, 1.54) is 5.56 Å². The normalized spacial score (nSPS) is 11.8. The molecule has 1 aromatic rings. The van der Waals surface area contributed by atoms with Gasteiger partial charge < -0.3 is 5.11 Å². The van der Waals surface area contributed by atoms with Crippen LogP contribution in [0, 0.1) is 0 Å². The van der Waals surface area contributed by atoms with E-state index in [2.05, 4.69) is 24.0 Å². The van der Waals surface area contributed by atoms with Crippen molar-refractivity contribution in [3.8, 4) is 0 Å². The van der Waals surface area contributed by atoms with Crippen LogP contribution in [0.25, 0.3) is 0 Å². The second kappa shape index (κ2) is 7.67. The van der Waals surface area contributed by atoms with Crippen molar-refractivity contribution in [2.45, 2.75) is 26.8 Å². The summed E-state index contributed by atoms with van der Waals surface area (Å²) in [6.07, 6.45) is 2.56. The number of carboxylic acid groups (broad SMARTS) is 1. The van der Waals surface area contributed by atoms with Crippen LogP contribution in [0.2, 0.25) is 0 Å². The number of hydrogen-bond donors (Lipinski definition) is 1. The van der Waals surface area contributed by atoms with Crippen LogP contribution >= 0.6 is 0 Å². The summed E-state index contributed by atoms with van der Waals surface area (Å²) in [5.74, 6) is -0.832. The fraction of sp³-hybridized carbons (Fsp3) is 0.400. The molecule has 1 N–H and O–H groups in total. The van der Waals surface area contributed by atoms with E-state index >= 15 is 0 Å². The maximum atomic E-state index is 10.7. The third kappa shape index (κ3) is 5.15. The Bertz CT molecular complexity index is 398. The molecule has 0 saturated carbocycles. The molecule has 0 saturated heterocycles. The molecule has 0 heterocycles. The van der Waals surface area contributed by atoms with Crippen molar-refractivity contribution < 1.29 is 9.90 Å². The van der Waals surface area contributed by atoms with E-state index < -0.39 is 5.97 Å². The zero-order valence-corrected chi connectivity index (χ0v) is 11.1. The molecule has 1 aromatic carbocycles. The number of benzene rings is 1. The minimum atomic E-state index is -0.832. The predicted octanol–water partition coefficient (Wildman–Crippen LogP) is 2.93. The summed E-state index contributed by atoms with van der Waals surface area (Å²) in [7, 11) is 0. The van der Waals surface area contributed by atoms with Gasteiger partial charge in [0.25, 0.3) is 0 Å². The standard InChI is InChI=1S/C15H21NO2/c1-3-16(11-7-8-13(2)15(17)18)12-14-9-5-4-6-10-14/h4-6,8-10H,3,7,11-12H2,1-2H3,(H,17,18). The molecule has 3 nitrogen and oxygen atoms in total. The minimum absolute atomic E-state index is 0.422. The fourth-order valence-electron chi connectivity index (χ4n) is 1.74. The summed E-state index contributed by atoms with van der Waals surface area (Å²) in [5, 5.41) is 8.76. The summed E-state index contributed by atoms with van der Waals surface area (Å²) in [4.78, 5) is 13.0. The van der Waals surface area contributed by atoms with E-state index in [0.717, 1.165) is 26.1 Å². The Kier molecular flexibility index (Phi) is 6.15. The van der Waals surface area contributed by atoms with Crippen molar-refractivity contribution in [3.63, 3.8) is 0 Å². The van der Waals surface area contributed by atoms with Gasteiger partial charge >= 0.3 is 5.97 Å². The molecule has 0 unspecified atom stereocenters. The van der Waals surface area contributed by atoms with Crippen molar-refractivity contribution in [1.29, 1.82) is 0 Å². The van der Waals surface area contributed by atoms with Gasteiger partial charge in [-0.1, -0.05) is 43.3 Å². The number of carboxylic acids is 1. The van der Waals surface area contributed by atoms with Gasteiger partial charge in [-0.05, 0) is 25.5 Å². The average molecular weight is 247 g/mol. The second-order valence-corrected chi connectivity index (χ2v) is 4.34. The van der Waals surface area contributed by atoms with Crippen molar-refractivity contribution in [3.05, 3.63) is 47.5 Å². The largest absolute Gasteiger partial charge is 0.478 e. The van der Waals surface area contributed by atoms with Crippen LogP contribution in [0.4, 0.5) is 0 Å².